The van der Waals surface area contributed by atoms with E-state index in [1.807, 2.05) is 19.0 Å². The Labute approximate surface area is 190 Å². The number of alkyl halides is 3. The Morgan fingerprint density at radius 3 is 2.38 bits per heavy atom. The number of halogens is 4. The molecule has 0 aromatic heterocycles. The van der Waals surface area contributed by atoms with Gasteiger partial charge in [-0.15, -0.1) is 0 Å². The first-order valence-electron chi connectivity index (χ1n) is 9.85. The second-order valence-electron chi connectivity index (χ2n) is 7.75. The third kappa shape index (κ3) is 5.36. The SMILES string of the molecule is CN(C)c1ccc(Cl)cc1NC(=O)C1CCN(S(=O)(=O)c2cccc(C(F)(F)F)c2)CC1. The van der Waals surface area contributed by atoms with Crippen LogP contribution in [0.5, 0.6) is 0 Å². The van der Waals surface area contributed by atoms with Gasteiger partial charge in [0.2, 0.25) is 15.9 Å². The summed E-state index contributed by atoms with van der Waals surface area (Å²) >= 11 is 6.04. The van der Waals surface area contributed by atoms with Gasteiger partial charge in [-0.3, -0.25) is 4.79 Å². The number of nitrogens with one attached hydrogen (secondary N) is 1. The maximum atomic E-state index is 13.0. The Bertz CT molecular complexity index is 1100. The molecule has 1 saturated heterocycles. The molecule has 0 saturated carbocycles. The maximum absolute atomic E-state index is 13.0. The van der Waals surface area contributed by atoms with Crippen molar-refractivity contribution in [3.8, 4) is 0 Å². The molecule has 1 N–H and O–H groups in total. The summed E-state index contributed by atoms with van der Waals surface area (Å²) in [6, 6.07) is 8.81. The highest BCUT2D eigenvalue weighted by molar-refractivity contribution is 7.89. The Kier molecular flexibility index (Phi) is 7.06. The quantitative estimate of drug-likeness (QED) is 0.673. The van der Waals surface area contributed by atoms with Gasteiger partial charge in [0.05, 0.1) is 21.8 Å². The van der Waals surface area contributed by atoms with Crippen LogP contribution >= 0.6 is 11.6 Å². The summed E-state index contributed by atoms with van der Waals surface area (Å²) in [5.41, 5.74) is 0.296. The lowest BCUT2D eigenvalue weighted by molar-refractivity contribution is -0.137. The van der Waals surface area contributed by atoms with Gasteiger partial charge in [0.1, 0.15) is 0 Å². The number of amides is 1. The molecule has 1 amide bonds. The minimum atomic E-state index is -4.64. The van der Waals surface area contributed by atoms with E-state index >= 15 is 0 Å². The average molecular weight is 490 g/mol. The summed E-state index contributed by atoms with van der Waals surface area (Å²) in [7, 11) is -0.440. The van der Waals surface area contributed by atoms with Crippen LogP contribution in [0.3, 0.4) is 0 Å². The van der Waals surface area contributed by atoms with E-state index in [2.05, 4.69) is 5.32 Å². The summed E-state index contributed by atoms with van der Waals surface area (Å²) in [5.74, 6) is -0.691. The number of piperidine rings is 1. The minimum absolute atomic E-state index is 0.0345. The number of carbonyl (C=O) groups is 1. The molecule has 2 aromatic rings. The number of hydrogen-bond donors (Lipinski definition) is 1. The zero-order valence-corrected chi connectivity index (χ0v) is 19.1. The Balaban J connectivity index is 1.69. The van der Waals surface area contributed by atoms with E-state index in [0.29, 0.717) is 16.8 Å². The second kappa shape index (κ2) is 9.29. The molecule has 32 heavy (non-hydrogen) atoms. The fraction of sp³-hybridized carbons (Fsp3) is 0.381. The van der Waals surface area contributed by atoms with Gasteiger partial charge in [0.25, 0.3) is 0 Å². The van der Waals surface area contributed by atoms with E-state index in [1.54, 1.807) is 18.2 Å². The van der Waals surface area contributed by atoms with Crippen LogP contribution in [0.1, 0.15) is 18.4 Å². The lowest BCUT2D eigenvalue weighted by atomic mass is 9.97. The predicted molar refractivity (Wildman–Crippen MR) is 117 cm³/mol. The van der Waals surface area contributed by atoms with Crippen molar-refractivity contribution in [1.82, 2.24) is 4.31 Å². The van der Waals surface area contributed by atoms with Gasteiger partial charge >= 0.3 is 6.18 Å². The zero-order valence-electron chi connectivity index (χ0n) is 17.5. The zero-order chi connectivity index (χ0) is 23.7. The molecule has 1 fully saturated rings. The number of rotatable bonds is 5. The first-order valence-corrected chi connectivity index (χ1v) is 11.7. The molecule has 174 valence electrons. The highest BCUT2D eigenvalue weighted by Gasteiger charge is 2.35. The van der Waals surface area contributed by atoms with Crippen molar-refractivity contribution in [2.24, 2.45) is 5.92 Å². The molecule has 1 aliphatic heterocycles. The van der Waals surface area contributed by atoms with Crippen molar-refractivity contribution in [1.29, 1.82) is 0 Å². The van der Waals surface area contributed by atoms with Gasteiger partial charge < -0.3 is 10.2 Å². The summed E-state index contributed by atoms with van der Waals surface area (Å²) in [4.78, 5) is 14.2. The Hall–Kier alpha value is -2.30. The van der Waals surface area contributed by atoms with Crippen LogP contribution in [0.4, 0.5) is 24.5 Å². The van der Waals surface area contributed by atoms with E-state index in [-0.39, 0.29) is 31.8 Å². The molecule has 0 unspecified atom stereocenters. The van der Waals surface area contributed by atoms with Gasteiger partial charge in [-0.05, 0) is 49.2 Å². The van der Waals surface area contributed by atoms with Crippen LogP contribution in [0.2, 0.25) is 5.02 Å². The largest absolute Gasteiger partial charge is 0.416 e. The number of hydrogen-bond acceptors (Lipinski definition) is 4. The molecule has 0 spiro atoms. The minimum Gasteiger partial charge on any atom is -0.376 e. The summed E-state index contributed by atoms with van der Waals surface area (Å²) < 4.78 is 65.6. The first-order chi connectivity index (χ1) is 14.9. The summed E-state index contributed by atoms with van der Waals surface area (Å²) in [5, 5.41) is 3.32. The molecule has 0 atom stereocenters. The first kappa shape index (κ1) is 24.3. The molecule has 2 aromatic carbocycles. The molecule has 1 aliphatic rings. The fourth-order valence-corrected chi connectivity index (χ4v) is 5.26. The van der Waals surface area contributed by atoms with Gasteiger partial charge in [0, 0.05) is 38.1 Å². The lowest BCUT2D eigenvalue weighted by Gasteiger charge is -2.31. The van der Waals surface area contributed by atoms with Crippen molar-refractivity contribution in [3.63, 3.8) is 0 Å². The van der Waals surface area contributed by atoms with Crippen molar-refractivity contribution in [3.05, 3.63) is 53.1 Å². The molecule has 0 bridgehead atoms. The molecule has 6 nitrogen and oxygen atoms in total. The van der Waals surface area contributed by atoms with Gasteiger partial charge in [-0.25, -0.2) is 8.42 Å². The van der Waals surface area contributed by atoms with E-state index in [1.165, 1.54) is 0 Å². The van der Waals surface area contributed by atoms with Crippen LogP contribution in [0, 0.1) is 5.92 Å². The fourth-order valence-electron chi connectivity index (χ4n) is 3.57. The highest BCUT2D eigenvalue weighted by atomic mass is 35.5. The molecule has 0 radical (unpaired) electrons. The van der Waals surface area contributed by atoms with Gasteiger partial charge in [0.15, 0.2) is 0 Å². The molecular weight excluding hydrogens is 467 g/mol. The van der Waals surface area contributed by atoms with Crippen molar-refractivity contribution < 1.29 is 26.4 Å². The average Bonchev–Trinajstić information content (AvgIpc) is 2.73. The third-order valence-corrected chi connectivity index (χ3v) is 7.45. The maximum Gasteiger partial charge on any atom is 0.416 e. The van der Waals surface area contributed by atoms with Crippen molar-refractivity contribution >= 4 is 38.9 Å². The van der Waals surface area contributed by atoms with Crippen LogP contribution < -0.4 is 10.2 Å². The Morgan fingerprint density at radius 2 is 1.78 bits per heavy atom. The van der Waals surface area contributed by atoms with E-state index < -0.39 is 32.6 Å². The van der Waals surface area contributed by atoms with Crippen LogP contribution in [-0.2, 0) is 21.0 Å². The standard InChI is InChI=1S/C21H23ClF3N3O3S/c1-27(2)19-7-6-16(22)13-18(19)26-20(29)14-8-10-28(11-9-14)32(30,31)17-5-3-4-15(12-17)21(23,24)25/h3-7,12-14H,8-11H2,1-2H3,(H,26,29). The summed E-state index contributed by atoms with van der Waals surface area (Å²) in [6.07, 6.45) is -4.13. The van der Waals surface area contributed by atoms with Crippen LogP contribution in [0.25, 0.3) is 0 Å². The van der Waals surface area contributed by atoms with Crippen molar-refractivity contribution in [2.45, 2.75) is 23.9 Å². The molecule has 1 heterocycles. The molecule has 3 rings (SSSR count). The van der Waals surface area contributed by atoms with Crippen LogP contribution in [0.15, 0.2) is 47.4 Å². The van der Waals surface area contributed by atoms with Crippen LogP contribution in [-0.4, -0.2) is 45.8 Å². The Morgan fingerprint density at radius 1 is 1.12 bits per heavy atom. The number of carbonyl (C=O) groups excluding carboxylic acids is 1. The van der Waals surface area contributed by atoms with Gasteiger partial charge in [-0.2, -0.15) is 17.5 Å². The molecule has 11 heteroatoms. The number of anilines is 2. The highest BCUT2D eigenvalue weighted by Crippen LogP contribution is 2.33. The third-order valence-electron chi connectivity index (χ3n) is 5.32. The number of sulfonamides is 1. The van der Waals surface area contributed by atoms with E-state index in [0.717, 1.165) is 28.2 Å². The molecular formula is C21H23ClF3N3O3S. The van der Waals surface area contributed by atoms with E-state index in [4.69, 9.17) is 11.6 Å². The normalized spacial score (nSPS) is 16.1. The predicted octanol–water partition coefficient (Wildman–Crippen LogP) is 4.46. The number of benzene rings is 2. The van der Waals surface area contributed by atoms with Gasteiger partial charge in [-0.1, -0.05) is 17.7 Å². The smallest absolute Gasteiger partial charge is 0.376 e. The topological polar surface area (TPSA) is 69.7 Å². The lowest BCUT2D eigenvalue weighted by Crippen LogP contribution is -2.41. The van der Waals surface area contributed by atoms with Crippen molar-refractivity contribution in [2.75, 3.05) is 37.4 Å². The molecule has 0 aliphatic carbocycles. The summed E-state index contributed by atoms with van der Waals surface area (Å²) in [6.45, 7) is 0.0689. The monoisotopic (exact) mass is 489 g/mol. The second-order valence-corrected chi connectivity index (χ2v) is 10.1. The van der Waals surface area contributed by atoms with E-state index in [9.17, 15) is 26.4 Å². The number of nitrogens with zero attached hydrogens (tertiary/aromatic N) is 2.